The van der Waals surface area contributed by atoms with Crippen molar-refractivity contribution in [3.8, 4) is 0 Å². The highest BCUT2D eigenvalue weighted by atomic mass is 16.2. The maximum absolute atomic E-state index is 11.8. The molecule has 3 aliphatic heterocycles. The van der Waals surface area contributed by atoms with Gasteiger partial charge in [0.25, 0.3) is 0 Å². The van der Waals surface area contributed by atoms with Crippen LogP contribution in [0.3, 0.4) is 0 Å². The molecule has 3 heterocycles. The highest BCUT2D eigenvalue weighted by Crippen LogP contribution is 2.28. The van der Waals surface area contributed by atoms with Gasteiger partial charge >= 0.3 is 0 Å². The molecule has 4 heteroatoms. The number of carbonyl (C=O) groups is 1. The van der Waals surface area contributed by atoms with Crippen LogP contribution in [-0.2, 0) is 4.79 Å². The standard InChI is InChI=1S/C12H21N3O/c16-12-6-4-10-15(12)14-9-3-5-11(14)13-7-1-2-8-13/h11H,1-10H2. The maximum Gasteiger partial charge on any atom is 0.236 e. The Hall–Kier alpha value is -0.610. The van der Waals surface area contributed by atoms with E-state index in [0.29, 0.717) is 12.1 Å². The van der Waals surface area contributed by atoms with Gasteiger partial charge in [-0.05, 0) is 45.2 Å². The zero-order valence-electron chi connectivity index (χ0n) is 9.90. The summed E-state index contributed by atoms with van der Waals surface area (Å²) in [4.78, 5) is 14.4. The third-order valence-corrected chi connectivity index (χ3v) is 4.11. The predicted octanol–water partition coefficient (Wildman–Crippen LogP) is 1.04. The molecular weight excluding hydrogens is 202 g/mol. The van der Waals surface area contributed by atoms with Crippen molar-refractivity contribution < 1.29 is 4.79 Å². The van der Waals surface area contributed by atoms with Gasteiger partial charge < -0.3 is 0 Å². The molecule has 4 nitrogen and oxygen atoms in total. The smallest absolute Gasteiger partial charge is 0.236 e. The van der Waals surface area contributed by atoms with Crippen molar-refractivity contribution >= 4 is 5.91 Å². The lowest BCUT2D eigenvalue weighted by molar-refractivity contribution is -0.150. The van der Waals surface area contributed by atoms with Crippen molar-refractivity contribution in [1.82, 2.24) is 14.9 Å². The number of hydrogen-bond donors (Lipinski definition) is 0. The van der Waals surface area contributed by atoms with Gasteiger partial charge in [0.1, 0.15) is 0 Å². The molecule has 0 aromatic rings. The lowest BCUT2D eigenvalue weighted by atomic mass is 10.3. The zero-order chi connectivity index (χ0) is 11.0. The Morgan fingerprint density at radius 1 is 0.938 bits per heavy atom. The number of nitrogens with zero attached hydrogens (tertiary/aromatic N) is 3. The summed E-state index contributed by atoms with van der Waals surface area (Å²) in [6.07, 6.45) is 7.46. The lowest BCUT2D eigenvalue weighted by Crippen LogP contribution is -2.52. The molecule has 90 valence electrons. The number of likely N-dealkylation sites (tertiary alicyclic amines) is 1. The van der Waals surface area contributed by atoms with E-state index in [4.69, 9.17) is 0 Å². The van der Waals surface area contributed by atoms with E-state index in [9.17, 15) is 4.79 Å². The molecule has 0 aromatic heterocycles. The first-order chi connectivity index (χ1) is 7.86. The molecule has 0 radical (unpaired) electrons. The van der Waals surface area contributed by atoms with Crippen LogP contribution in [0.15, 0.2) is 0 Å². The van der Waals surface area contributed by atoms with Crippen molar-refractivity contribution in [3.05, 3.63) is 0 Å². The van der Waals surface area contributed by atoms with E-state index in [0.717, 1.165) is 25.9 Å². The molecule has 0 aromatic carbocycles. The van der Waals surface area contributed by atoms with Crippen LogP contribution in [0.25, 0.3) is 0 Å². The molecule has 3 rings (SSSR count). The molecule has 16 heavy (non-hydrogen) atoms. The van der Waals surface area contributed by atoms with Crippen molar-refractivity contribution in [1.29, 1.82) is 0 Å². The fourth-order valence-corrected chi connectivity index (χ4v) is 3.33. The third kappa shape index (κ3) is 1.74. The number of hydrazine groups is 1. The second kappa shape index (κ2) is 4.34. The van der Waals surface area contributed by atoms with E-state index in [1.54, 1.807) is 0 Å². The van der Waals surface area contributed by atoms with Crippen LogP contribution in [0.2, 0.25) is 0 Å². The Kier molecular flexibility index (Phi) is 2.86. The molecule has 0 saturated carbocycles. The summed E-state index contributed by atoms with van der Waals surface area (Å²) in [7, 11) is 0. The van der Waals surface area contributed by atoms with Crippen LogP contribution < -0.4 is 0 Å². The van der Waals surface area contributed by atoms with Crippen LogP contribution in [0.4, 0.5) is 0 Å². The van der Waals surface area contributed by atoms with E-state index in [2.05, 4.69) is 9.91 Å². The van der Waals surface area contributed by atoms with Crippen molar-refractivity contribution in [2.75, 3.05) is 26.2 Å². The van der Waals surface area contributed by atoms with E-state index >= 15 is 0 Å². The van der Waals surface area contributed by atoms with Gasteiger partial charge in [-0.3, -0.25) is 14.7 Å². The summed E-state index contributed by atoms with van der Waals surface area (Å²) in [6, 6.07) is 0. The molecule has 0 spiro atoms. The Morgan fingerprint density at radius 3 is 2.44 bits per heavy atom. The monoisotopic (exact) mass is 223 g/mol. The second-order valence-electron chi connectivity index (χ2n) is 5.15. The first-order valence-electron chi connectivity index (χ1n) is 6.67. The summed E-state index contributed by atoms with van der Waals surface area (Å²) in [5.41, 5.74) is 0. The van der Waals surface area contributed by atoms with Gasteiger partial charge in [0.15, 0.2) is 0 Å². The van der Waals surface area contributed by atoms with Gasteiger partial charge in [0, 0.05) is 19.5 Å². The molecule has 1 atom stereocenters. The maximum atomic E-state index is 11.8. The average molecular weight is 223 g/mol. The van der Waals surface area contributed by atoms with Crippen LogP contribution in [0.1, 0.15) is 38.5 Å². The van der Waals surface area contributed by atoms with E-state index < -0.39 is 0 Å². The van der Waals surface area contributed by atoms with Gasteiger partial charge in [0.05, 0.1) is 6.17 Å². The molecule has 3 fully saturated rings. The average Bonchev–Trinajstić information content (AvgIpc) is 2.95. The molecule has 3 aliphatic rings. The quantitative estimate of drug-likeness (QED) is 0.700. The first-order valence-corrected chi connectivity index (χ1v) is 6.67. The van der Waals surface area contributed by atoms with Crippen molar-refractivity contribution in [2.45, 2.75) is 44.7 Å². The Labute approximate surface area is 97.1 Å². The molecule has 1 amide bonds. The van der Waals surface area contributed by atoms with Crippen molar-refractivity contribution in [2.24, 2.45) is 0 Å². The number of rotatable bonds is 2. The molecule has 1 unspecified atom stereocenters. The highest BCUT2D eigenvalue weighted by molar-refractivity contribution is 5.77. The van der Waals surface area contributed by atoms with E-state index in [1.165, 1.54) is 38.8 Å². The van der Waals surface area contributed by atoms with Crippen LogP contribution in [-0.4, -0.2) is 53.2 Å². The number of amides is 1. The largest absolute Gasteiger partial charge is 0.286 e. The van der Waals surface area contributed by atoms with E-state index in [1.807, 2.05) is 5.01 Å². The minimum Gasteiger partial charge on any atom is -0.286 e. The van der Waals surface area contributed by atoms with Crippen LogP contribution in [0.5, 0.6) is 0 Å². The SMILES string of the molecule is O=C1CCCN1N1CCCC1N1CCCC1. The predicted molar refractivity (Wildman–Crippen MR) is 61.5 cm³/mol. The summed E-state index contributed by atoms with van der Waals surface area (Å²) < 4.78 is 0. The summed E-state index contributed by atoms with van der Waals surface area (Å²) in [5.74, 6) is 0.339. The van der Waals surface area contributed by atoms with E-state index in [-0.39, 0.29) is 0 Å². The zero-order valence-corrected chi connectivity index (χ0v) is 9.90. The normalized spacial score (nSPS) is 33.1. The Morgan fingerprint density at radius 2 is 1.75 bits per heavy atom. The lowest BCUT2D eigenvalue weighted by Gasteiger charge is -2.37. The van der Waals surface area contributed by atoms with Crippen LogP contribution >= 0.6 is 0 Å². The van der Waals surface area contributed by atoms with Crippen LogP contribution in [0, 0.1) is 0 Å². The molecule has 0 N–H and O–H groups in total. The number of carbonyl (C=O) groups excluding carboxylic acids is 1. The molecule has 0 bridgehead atoms. The van der Waals surface area contributed by atoms with Gasteiger partial charge in [-0.15, -0.1) is 0 Å². The minimum absolute atomic E-state index is 0.339. The van der Waals surface area contributed by atoms with Gasteiger partial charge in [-0.1, -0.05) is 0 Å². The summed E-state index contributed by atoms with van der Waals surface area (Å²) in [5, 5.41) is 4.37. The summed E-state index contributed by atoms with van der Waals surface area (Å²) >= 11 is 0. The molecule has 0 aliphatic carbocycles. The summed E-state index contributed by atoms with van der Waals surface area (Å²) in [6.45, 7) is 4.47. The fourth-order valence-electron chi connectivity index (χ4n) is 3.33. The van der Waals surface area contributed by atoms with Gasteiger partial charge in [-0.25, -0.2) is 5.01 Å². The molecule has 3 saturated heterocycles. The topological polar surface area (TPSA) is 26.8 Å². The Balaban J connectivity index is 1.70. The van der Waals surface area contributed by atoms with Gasteiger partial charge in [0.2, 0.25) is 5.91 Å². The number of hydrogen-bond acceptors (Lipinski definition) is 3. The minimum atomic E-state index is 0.339. The van der Waals surface area contributed by atoms with Crippen molar-refractivity contribution in [3.63, 3.8) is 0 Å². The first kappa shape index (κ1) is 10.5. The highest BCUT2D eigenvalue weighted by Gasteiger charge is 2.37. The van der Waals surface area contributed by atoms with Gasteiger partial charge in [-0.2, -0.15) is 0 Å². The molecular formula is C12H21N3O. The Bertz CT molecular complexity index is 275. The fraction of sp³-hybridized carbons (Fsp3) is 0.917. The third-order valence-electron chi connectivity index (χ3n) is 4.11. The second-order valence-corrected chi connectivity index (χ2v) is 5.15.